The Hall–Kier alpha value is -7.22. The molecule has 3 fully saturated rings. The normalized spacial score (nSPS) is 28.0. The van der Waals surface area contributed by atoms with E-state index in [0.717, 1.165) is 52.7 Å². The Morgan fingerprint density at radius 1 is 0.474 bits per heavy atom. The molecule has 24 nitrogen and oxygen atoms in total. The van der Waals surface area contributed by atoms with Gasteiger partial charge in [0.15, 0.2) is 43.1 Å². The summed E-state index contributed by atoms with van der Waals surface area (Å²) in [6.45, 7) is 7.88. The molecule has 3 heterocycles. The molecule has 1 N–H and O–H groups in total. The van der Waals surface area contributed by atoms with Gasteiger partial charge in [0.1, 0.15) is 55.2 Å². The van der Waals surface area contributed by atoms with Gasteiger partial charge in [-0.05, 0) is 62.4 Å². The quantitative estimate of drug-likeness (QED) is 0.133. The summed E-state index contributed by atoms with van der Waals surface area (Å²) in [7, 11) is 1.47. The predicted octanol–water partition coefficient (Wildman–Crippen LogP) is 2.93. The average molecular weight is 1070 g/mol. The summed E-state index contributed by atoms with van der Waals surface area (Å²) in [6.07, 6.45) is -24.6. The van der Waals surface area contributed by atoms with Gasteiger partial charge in [-0.1, -0.05) is 35.4 Å². The molecule has 0 unspecified atom stereocenters. The molecule has 76 heavy (non-hydrogen) atoms. The zero-order valence-electron chi connectivity index (χ0n) is 43.0. The first-order valence-corrected chi connectivity index (χ1v) is 23.8. The van der Waals surface area contributed by atoms with Gasteiger partial charge in [-0.3, -0.25) is 28.8 Å². The van der Waals surface area contributed by atoms with Crippen molar-refractivity contribution in [2.45, 2.75) is 141 Å². The molecule has 0 spiro atoms. The van der Waals surface area contributed by atoms with Gasteiger partial charge >= 0.3 is 47.8 Å². The molecule has 24 heteroatoms. The van der Waals surface area contributed by atoms with E-state index in [1.165, 1.54) is 31.4 Å². The molecule has 3 aromatic carbocycles. The lowest BCUT2D eigenvalue weighted by Crippen LogP contribution is -2.68. The number of aliphatic hydroxyl groups is 1. The predicted molar refractivity (Wildman–Crippen MR) is 253 cm³/mol. The summed E-state index contributed by atoms with van der Waals surface area (Å²) in [4.78, 5) is 104. The van der Waals surface area contributed by atoms with Gasteiger partial charge < -0.3 is 76.2 Å². The minimum absolute atomic E-state index is 0.0675. The van der Waals surface area contributed by atoms with E-state index in [1.807, 2.05) is 6.92 Å². The van der Waals surface area contributed by atoms with Crippen LogP contribution in [0.5, 0.6) is 11.5 Å². The van der Waals surface area contributed by atoms with E-state index in [2.05, 4.69) is 0 Å². The molecule has 3 aromatic rings. The highest BCUT2D eigenvalue weighted by molar-refractivity contribution is 5.90. The van der Waals surface area contributed by atoms with Crippen molar-refractivity contribution in [3.05, 3.63) is 95.1 Å². The standard InChI is InChI=1S/C52H60O24/c1-25-10-14-33(15-11-25)48(60)74-43-39(24-65-50(70-36-20-18-35(62-9)19-21-36)46(43)75-49(61)34-16-12-26(2)13-17-34)73-52-47(69-32(8)58)45(42(67-30(6)56)38(72-52)23-64-28(4)54)76-51-44(68-31(7)57)40(59)41(66-29(5)55)37(71-51)22-63-27(3)53/h10-21,37-47,50-52,59H,22-24H2,1-9H3/t37-,38-,39-,40+,41+,42+,43+,44-,45+,46-,47-,50+,51+,52+/m1/s1. The van der Waals surface area contributed by atoms with E-state index < -0.39 is 154 Å². The van der Waals surface area contributed by atoms with Crippen LogP contribution < -0.4 is 9.47 Å². The maximum Gasteiger partial charge on any atom is 0.338 e. The summed E-state index contributed by atoms with van der Waals surface area (Å²) in [5, 5.41) is 11.7. The lowest BCUT2D eigenvalue weighted by Gasteiger charge is -2.49. The smallest absolute Gasteiger partial charge is 0.338 e. The molecule has 6 rings (SSSR count). The van der Waals surface area contributed by atoms with Crippen molar-refractivity contribution < 1.29 is 115 Å². The Labute approximate surface area is 436 Å². The average Bonchev–Trinajstić information content (AvgIpc) is 3.37. The Morgan fingerprint density at radius 3 is 1.38 bits per heavy atom. The SMILES string of the molecule is COc1ccc(O[C@@H]2OC[C@@H](O[C@@H]3O[C@H](COC(C)=O)[C@H](OC(C)=O)[C@H](O[C@@H]4O[C@H](COC(C)=O)[C@H](OC(C)=O)[C@H](O)[C@H]4OC(C)=O)[C@H]3OC(C)=O)[C@H](OC(=O)c3ccc(C)cc3)[C@H]2OC(=O)c2ccc(C)cc2)cc1. The lowest BCUT2D eigenvalue weighted by molar-refractivity contribution is -0.372. The summed E-state index contributed by atoms with van der Waals surface area (Å²) < 4.78 is 88.6. The number of aryl methyl sites for hydroxylation is 2. The van der Waals surface area contributed by atoms with Crippen LogP contribution >= 0.6 is 0 Å². The van der Waals surface area contributed by atoms with Crippen LogP contribution in [0.3, 0.4) is 0 Å². The maximum atomic E-state index is 14.2. The number of carbonyl (C=O) groups is 8. The largest absolute Gasteiger partial charge is 0.497 e. The second-order valence-electron chi connectivity index (χ2n) is 17.7. The summed E-state index contributed by atoms with van der Waals surface area (Å²) in [5.41, 5.74) is 1.80. The van der Waals surface area contributed by atoms with Crippen LogP contribution in [0.2, 0.25) is 0 Å². The third kappa shape index (κ3) is 15.7. The third-order valence-corrected chi connectivity index (χ3v) is 11.7. The topological polar surface area (TPSA) is 295 Å². The molecule has 0 amide bonds. The van der Waals surface area contributed by atoms with Gasteiger partial charge in [0.05, 0.1) is 24.8 Å². The molecular formula is C52H60O24. The van der Waals surface area contributed by atoms with E-state index in [9.17, 15) is 43.5 Å². The fraction of sp³-hybridized carbons (Fsp3) is 0.500. The van der Waals surface area contributed by atoms with Crippen LogP contribution in [0.1, 0.15) is 73.4 Å². The number of benzene rings is 3. The van der Waals surface area contributed by atoms with Crippen LogP contribution in [0, 0.1) is 13.8 Å². The van der Waals surface area contributed by atoms with Gasteiger partial charge in [0.25, 0.3) is 0 Å². The van der Waals surface area contributed by atoms with Crippen molar-refractivity contribution in [3.8, 4) is 11.5 Å². The summed E-state index contributed by atoms with van der Waals surface area (Å²) >= 11 is 0. The zero-order chi connectivity index (χ0) is 55.4. The molecule has 0 saturated carbocycles. The van der Waals surface area contributed by atoms with Gasteiger partial charge in [-0.25, -0.2) is 9.59 Å². The van der Waals surface area contributed by atoms with Crippen molar-refractivity contribution >= 4 is 47.8 Å². The highest BCUT2D eigenvalue weighted by Crippen LogP contribution is 2.37. The second-order valence-corrected chi connectivity index (χ2v) is 17.7. The van der Waals surface area contributed by atoms with E-state index in [4.69, 9.17) is 71.1 Å². The van der Waals surface area contributed by atoms with Crippen LogP contribution in [0.15, 0.2) is 72.8 Å². The number of carbonyl (C=O) groups excluding carboxylic acids is 8. The first-order chi connectivity index (χ1) is 36.1. The number of methoxy groups -OCH3 is 1. The Bertz CT molecular complexity index is 2510. The fourth-order valence-electron chi connectivity index (χ4n) is 8.23. The fourth-order valence-corrected chi connectivity index (χ4v) is 8.23. The first-order valence-electron chi connectivity index (χ1n) is 23.8. The van der Waals surface area contributed by atoms with Gasteiger partial charge in [-0.15, -0.1) is 0 Å². The second kappa shape index (κ2) is 26.5. The van der Waals surface area contributed by atoms with Crippen molar-refractivity contribution in [3.63, 3.8) is 0 Å². The molecule has 14 atom stereocenters. The molecule has 412 valence electrons. The van der Waals surface area contributed by atoms with Gasteiger partial charge in [0, 0.05) is 41.5 Å². The van der Waals surface area contributed by atoms with Gasteiger partial charge in [-0.2, -0.15) is 0 Å². The minimum atomic E-state index is -1.98. The molecule has 3 aliphatic rings. The Kier molecular flexibility index (Phi) is 20.2. The van der Waals surface area contributed by atoms with Crippen molar-refractivity contribution in [1.29, 1.82) is 0 Å². The van der Waals surface area contributed by atoms with E-state index >= 15 is 0 Å². The summed E-state index contributed by atoms with van der Waals surface area (Å²) in [6, 6.07) is 19.0. The molecule has 3 aliphatic heterocycles. The number of ether oxygens (including phenoxy) is 15. The molecular weight excluding hydrogens is 1010 g/mol. The number of esters is 8. The summed E-state index contributed by atoms with van der Waals surface area (Å²) in [5.74, 6) is -6.66. The highest BCUT2D eigenvalue weighted by Gasteiger charge is 2.58. The van der Waals surface area contributed by atoms with Crippen LogP contribution in [-0.4, -0.2) is 166 Å². The molecule has 0 radical (unpaired) electrons. The zero-order valence-corrected chi connectivity index (χ0v) is 43.0. The third-order valence-electron chi connectivity index (χ3n) is 11.7. The first kappa shape index (κ1) is 58.0. The van der Waals surface area contributed by atoms with Crippen LogP contribution in [0.4, 0.5) is 0 Å². The Morgan fingerprint density at radius 2 is 0.895 bits per heavy atom. The highest BCUT2D eigenvalue weighted by atomic mass is 16.8. The van der Waals surface area contributed by atoms with Crippen molar-refractivity contribution in [2.75, 3.05) is 26.9 Å². The van der Waals surface area contributed by atoms with E-state index in [0.29, 0.717) is 5.75 Å². The Balaban J connectivity index is 1.47. The van der Waals surface area contributed by atoms with E-state index in [-0.39, 0.29) is 16.9 Å². The molecule has 0 aromatic heterocycles. The van der Waals surface area contributed by atoms with Crippen molar-refractivity contribution in [2.24, 2.45) is 0 Å². The van der Waals surface area contributed by atoms with Crippen LogP contribution in [0.25, 0.3) is 0 Å². The minimum Gasteiger partial charge on any atom is -0.497 e. The molecule has 0 aliphatic carbocycles. The number of hydrogen-bond donors (Lipinski definition) is 1. The van der Waals surface area contributed by atoms with E-state index in [1.54, 1.807) is 55.5 Å². The molecule has 0 bridgehead atoms. The lowest BCUT2D eigenvalue weighted by atomic mass is 9.96. The number of aliphatic hydroxyl groups excluding tert-OH is 1. The van der Waals surface area contributed by atoms with Crippen molar-refractivity contribution in [1.82, 2.24) is 0 Å². The van der Waals surface area contributed by atoms with Gasteiger partial charge in [0.2, 0.25) is 12.4 Å². The number of hydrogen-bond acceptors (Lipinski definition) is 24. The maximum absolute atomic E-state index is 14.2. The monoisotopic (exact) mass is 1070 g/mol. The van der Waals surface area contributed by atoms with Crippen LogP contribution in [-0.2, 0) is 90.3 Å². The number of rotatable bonds is 19. The molecule has 3 saturated heterocycles.